The molecule has 12 nitrogen and oxygen atoms in total. The van der Waals surface area contributed by atoms with Crippen molar-refractivity contribution in [2.75, 3.05) is 27.3 Å². The van der Waals surface area contributed by atoms with Crippen LogP contribution in [0.2, 0.25) is 0 Å². The molecule has 2 atom stereocenters. The van der Waals surface area contributed by atoms with Crippen LogP contribution in [0, 0.1) is 11.8 Å². The number of nitrogens with zero attached hydrogens (tertiary/aromatic N) is 2. The molecule has 0 aromatic carbocycles. The van der Waals surface area contributed by atoms with E-state index in [-0.39, 0.29) is 59.1 Å². The van der Waals surface area contributed by atoms with Gasteiger partial charge < -0.3 is 18.8 Å². The van der Waals surface area contributed by atoms with Gasteiger partial charge in [-0.3, -0.25) is 9.13 Å². The summed E-state index contributed by atoms with van der Waals surface area (Å²) in [7, 11) is -6.69. The molecule has 4 rings (SSSR count). The Hall–Kier alpha value is 0.700. The standard InChI is InChI=1S/2C13H22NO5P.2Na/c2*1-11-8-9-14(18-19-20(15,16)17-2)13(10-11)12-6-4-3-5-7-12;;/h2*8,10,12H,3-7,9H2,1-2H3,(H,15,16);;/q;;2*+1/p-2. The Bertz CT molecular complexity index is 978. The molecule has 2 unspecified atom stereocenters. The second kappa shape index (κ2) is 20.0. The molecule has 0 aromatic rings. The van der Waals surface area contributed by atoms with Crippen LogP contribution in [0.3, 0.4) is 0 Å². The number of phosphoric ester groups is 2. The topological polar surface area (TPSA) is 142 Å². The van der Waals surface area contributed by atoms with Crippen LogP contribution in [0.4, 0.5) is 0 Å². The van der Waals surface area contributed by atoms with Crippen molar-refractivity contribution in [1.82, 2.24) is 10.1 Å². The summed E-state index contributed by atoms with van der Waals surface area (Å²) in [5.41, 5.74) is 4.28. The van der Waals surface area contributed by atoms with Gasteiger partial charge in [0.1, 0.15) is 0 Å². The zero-order chi connectivity index (χ0) is 29.2. The van der Waals surface area contributed by atoms with E-state index in [0.717, 1.165) is 62.4 Å². The van der Waals surface area contributed by atoms with Crippen LogP contribution < -0.4 is 68.9 Å². The molecule has 0 N–H and O–H groups in total. The second-order valence-corrected chi connectivity index (χ2v) is 13.2. The van der Waals surface area contributed by atoms with Gasteiger partial charge in [-0.1, -0.05) is 61.8 Å². The van der Waals surface area contributed by atoms with Gasteiger partial charge in [0.15, 0.2) is 0 Å². The summed E-state index contributed by atoms with van der Waals surface area (Å²) in [6, 6.07) is 0. The Balaban J connectivity index is 0.000000401. The van der Waals surface area contributed by atoms with Gasteiger partial charge in [0.25, 0.3) is 0 Å². The van der Waals surface area contributed by atoms with E-state index < -0.39 is 15.6 Å². The molecule has 2 fully saturated rings. The largest absolute Gasteiger partial charge is 1.00 e. The first-order valence-corrected chi connectivity index (χ1v) is 16.7. The Morgan fingerprint density at radius 1 is 0.667 bits per heavy atom. The predicted molar refractivity (Wildman–Crippen MR) is 144 cm³/mol. The van der Waals surface area contributed by atoms with E-state index >= 15 is 0 Å². The number of hydroxylamine groups is 4. The van der Waals surface area contributed by atoms with E-state index in [2.05, 4.69) is 18.4 Å². The molecule has 4 aliphatic rings. The smallest absolute Gasteiger partial charge is 0.754 e. The van der Waals surface area contributed by atoms with Crippen molar-refractivity contribution in [2.24, 2.45) is 11.8 Å². The van der Waals surface area contributed by atoms with Crippen LogP contribution in [-0.4, -0.2) is 37.4 Å². The number of phosphoric acid groups is 2. The van der Waals surface area contributed by atoms with Crippen LogP contribution in [0.5, 0.6) is 0 Å². The van der Waals surface area contributed by atoms with Crippen molar-refractivity contribution in [1.29, 1.82) is 0 Å². The molecular weight excluding hydrogens is 608 g/mol. The third-order valence-electron chi connectivity index (χ3n) is 7.41. The molecule has 2 aliphatic carbocycles. The molecule has 0 radical (unpaired) electrons. The molecule has 2 heterocycles. The van der Waals surface area contributed by atoms with Gasteiger partial charge in [0.2, 0.25) is 0 Å². The molecule has 0 bridgehead atoms. The first-order valence-electron chi connectivity index (χ1n) is 13.8. The summed E-state index contributed by atoms with van der Waals surface area (Å²) >= 11 is 0. The van der Waals surface area contributed by atoms with Gasteiger partial charge in [0.05, 0.1) is 13.1 Å². The number of rotatable bonds is 10. The minimum absolute atomic E-state index is 0. The first kappa shape index (κ1) is 40.7. The summed E-state index contributed by atoms with van der Waals surface area (Å²) in [4.78, 5) is 32.3. The van der Waals surface area contributed by atoms with Crippen molar-refractivity contribution >= 4 is 15.6 Å². The number of allylic oxidation sites excluding steroid dienone is 6. The molecule has 0 saturated heterocycles. The zero-order valence-electron chi connectivity index (χ0n) is 25.8. The Labute approximate surface area is 294 Å². The maximum atomic E-state index is 11.2. The van der Waals surface area contributed by atoms with Crippen LogP contribution in [-0.2, 0) is 37.5 Å². The van der Waals surface area contributed by atoms with E-state index in [9.17, 15) is 18.9 Å². The quantitative estimate of drug-likeness (QED) is 0.129. The normalized spacial score (nSPS) is 22.9. The Kier molecular flexibility index (Phi) is 19.4. The van der Waals surface area contributed by atoms with E-state index in [1.165, 1.54) is 48.7 Å². The molecule has 0 aromatic heterocycles. The van der Waals surface area contributed by atoms with E-state index in [0.29, 0.717) is 24.9 Å². The van der Waals surface area contributed by atoms with E-state index in [4.69, 9.17) is 9.98 Å². The maximum absolute atomic E-state index is 11.2. The number of hydrogen-bond donors (Lipinski definition) is 0. The van der Waals surface area contributed by atoms with Gasteiger partial charge in [-0.15, -0.1) is 19.3 Å². The monoisotopic (exact) mass is 650 g/mol. The molecule has 0 amide bonds. The van der Waals surface area contributed by atoms with Crippen LogP contribution >= 0.6 is 15.6 Å². The maximum Gasteiger partial charge on any atom is 1.00 e. The summed E-state index contributed by atoms with van der Waals surface area (Å²) < 4.78 is 39.6. The summed E-state index contributed by atoms with van der Waals surface area (Å²) in [6.45, 7) is 4.99. The number of hydrogen-bond acceptors (Lipinski definition) is 12. The molecule has 2 aliphatic heterocycles. The van der Waals surface area contributed by atoms with Gasteiger partial charge in [-0.05, 0) is 51.7 Å². The van der Waals surface area contributed by atoms with Crippen molar-refractivity contribution in [2.45, 2.75) is 78.1 Å². The Morgan fingerprint density at radius 3 is 1.31 bits per heavy atom. The fraction of sp³-hybridized carbons (Fsp3) is 0.692. The molecule has 42 heavy (non-hydrogen) atoms. The summed E-state index contributed by atoms with van der Waals surface area (Å²) in [5.74, 6) is 0.786. The average molecular weight is 651 g/mol. The van der Waals surface area contributed by atoms with Gasteiger partial charge in [-0.2, -0.15) is 0 Å². The third kappa shape index (κ3) is 13.6. The fourth-order valence-corrected chi connectivity index (χ4v) is 5.65. The van der Waals surface area contributed by atoms with E-state index in [1.807, 2.05) is 38.2 Å². The molecular formula is C26H42N2Na2O10P2. The van der Waals surface area contributed by atoms with Crippen molar-refractivity contribution < 1.29 is 106 Å². The van der Waals surface area contributed by atoms with Gasteiger partial charge in [-0.25, -0.2) is 10.1 Å². The van der Waals surface area contributed by atoms with Crippen LogP contribution in [0.15, 0.2) is 46.8 Å². The van der Waals surface area contributed by atoms with Crippen LogP contribution in [0.1, 0.15) is 78.1 Å². The van der Waals surface area contributed by atoms with Crippen molar-refractivity contribution in [3.05, 3.63) is 46.8 Å². The molecule has 228 valence electrons. The average Bonchev–Trinajstić information content (AvgIpc) is 2.97. The minimum Gasteiger partial charge on any atom is -0.754 e. The minimum atomic E-state index is -4.38. The molecule has 0 spiro atoms. The summed E-state index contributed by atoms with van der Waals surface area (Å²) in [6.07, 6.45) is 19.6. The second-order valence-electron chi connectivity index (χ2n) is 10.4. The first-order chi connectivity index (χ1) is 19.0. The summed E-state index contributed by atoms with van der Waals surface area (Å²) in [5, 5.41) is 2.99. The van der Waals surface area contributed by atoms with Gasteiger partial charge in [0, 0.05) is 37.4 Å². The molecule has 16 heteroatoms. The van der Waals surface area contributed by atoms with Crippen LogP contribution in [0.25, 0.3) is 0 Å². The predicted octanol–water partition coefficient (Wildman–Crippen LogP) is -0.611. The zero-order valence-corrected chi connectivity index (χ0v) is 31.6. The van der Waals surface area contributed by atoms with Crippen molar-refractivity contribution in [3.63, 3.8) is 0 Å². The van der Waals surface area contributed by atoms with Gasteiger partial charge >= 0.3 is 74.8 Å². The molecule has 2 saturated carbocycles. The third-order valence-corrected chi connectivity index (χ3v) is 8.80. The Morgan fingerprint density at radius 2 is 1.00 bits per heavy atom. The van der Waals surface area contributed by atoms with E-state index in [1.54, 1.807) is 0 Å². The SMILES string of the molecule is COP(=O)([O-])OON1CC=C(C)C=C1C1CCCCC1.COP(=O)([O-])OON1CC=C(C)C=C1C1CCCCC1.[Na+].[Na+]. The van der Waals surface area contributed by atoms with Crippen molar-refractivity contribution in [3.8, 4) is 0 Å². The fourth-order valence-electron chi connectivity index (χ4n) is 5.20.